The molecule has 0 spiro atoms. The molecule has 1 aliphatic heterocycles. The fourth-order valence-corrected chi connectivity index (χ4v) is 6.89. The molecule has 0 aliphatic carbocycles. The SMILES string of the molecule is CCOC(=O)C1=C(C)N=c2s/c(=C/c3cc(I)c(OCc4ccc(I)cc4)c(OC)c3)c(=O)n2[C@H]1c1ccc(C)cc1. The highest BCUT2D eigenvalue weighted by Gasteiger charge is 2.33. The third-order valence-corrected chi connectivity index (χ3v) is 9.26. The number of carbonyl (C=O) groups excluding carboxylic acids is 1. The Hall–Kier alpha value is -2.97. The number of rotatable bonds is 8. The van der Waals surface area contributed by atoms with Gasteiger partial charge in [0.05, 0.1) is 39.1 Å². The Kier molecular flexibility index (Phi) is 9.53. The van der Waals surface area contributed by atoms with Gasteiger partial charge < -0.3 is 14.2 Å². The van der Waals surface area contributed by atoms with Crippen LogP contribution in [0, 0.1) is 14.1 Å². The van der Waals surface area contributed by atoms with Gasteiger partial charge in [-0.3, -0.25) is 9.36 Å². The molecule has 10 heteroatoms. The van der Waals surface area contributed by atoms with Crippen LogP contribution in [0.1, 0.15) is 42.1 Å². The van der Waals surface area contributed by atoms with E-state index in [4.69, 9.17) is 14.2 Å². The fourth-order valence-electron chi connectivity index (χ4n) is 4.71. The molecule has 0 amide bonds. The quantitative estimate of drug-likeness (QED) is 0.164. The van der Waals surface area contributed by atoms with Crippen molar-refractivity contribution in [2.24, 2.45) is 4.99 Å². The Balaban J connectivity index is 1.56. The predicted octanol–water partition coefficient (Wildman–Crippen LogP) is 5.90. The molecule has 0 bridgehead atoms. The number of carbonyl (C=O) groups is 1. The number of halogens is 2. The van der Waals surface area contributed by atoms with Crippen LogP contribution in [-0.2, 0) is 16.1 Å². The lowest BCUT2D eigenvalue weighted by atomic mass is 9.95. The lowest BCUT2D eigenvalue weighted by Gasteiger charge is -2.24. The van der Waals surface area contributed by atoms with Crippen molar-refractivity contribution in [3.63, 3.8) is 0 Å². The first-order valence-electron chi connectivity index (χ1n) is 13.2. The van der Waals surface area contributed by atoms with E-state index < -0.39 is 12.0 Å². The number of benzene rings is 3. The van der Waals surface area contributed by atoms with E-state index in [2.05, 4.69) is 50.2 Å². The van der Waals surface area contributed by atoms with Gasteiger partial charge in [0.15, 0.2) is 16.3 Å². The van der Waals surface area contributed by atoms with Gasteiger partial charge in [-0.1, -0.05) is 53.3 Å². The Labute approximate surface area is 274 Å². The molecule has 7 nitrogen and oxygen atoms in total. The molecular weight excluding hydrogens is 778 g/mol. The van der Waals surface area contributed by atoms with Crippen molar-refractivity contribution < 1.29 is 19.0 Å². The van der Waals surface area contributed by atoms with Crippen LogP contribution >= 0.6 is 56.5 Å². The Morgan fingerprint density at radius 1 is 1.07 bits per heavy atom. The average Bonchev–Trinajstić information content (AvgIpc) is 3.26. The Bertz CT molecular complexity index is 1860. The summed E-state index contributed by atoms with van der Waals surface area (Å²) >= 11 is 5.79. The first-order chi connectivity index (χ1) is 20.2. The normalized spacial score (nSPS) is 14.8. The molecule has 4 aromatic rings. The van der Waals surface area contributed by atoms with E-state index in [0.29, 0.717) is 38.7 Å². The molecule has 3 aromatic carbocycles. The zero-order chi connectivity index (χ0) is 30.0. The topological polar surface area (TPSA) is 79.1 Å². The van der Waals surface area contributed by atoms with Gasteiger partial charge in [-0.15, -0.1) is 0 Å². The molecule has 5 rings (SSSR count). The molecule has 0 radical (unpaired) electrons. The maximum atomic E-state index is 13.9. The second kappa shape index (κ2) is 13.1. The second-order valence-corrected chi connectivity index (χ2v) is 13.1. The van der Waals surface area contributed by atoms with Crippen LogP contribution in [0.4, 0.5) is 0 Å². The van der Waals surface area contributed by atoms with Crippen LogP contribution in [0.3, 0.4) is 0 Å². The molecule has 0 saturated carbocycles. The lowest BCUT2D eigenvalue weighted by molar-refractivity contribution is -0.139. The van der Waals surface area contributed by atoms with Gasteiger partial charge in [-0.05, 0) is 113 Å². The summed E-state index contributed by atoms with van der Waals surface area (Å²) in [5, 5.41) is 0. The van der Waals surface area contributed by atoms with Gasteiger partial charge in [0.25, 0.3) is 5.56 Å². The Morgan fingerprint density at radius 3 is 2.45 bits per heavy atom. The minimum Gasteiger partial charge on any atom is -0.493 e. The molecule has 1 atom stereocenters. The van der Waals surface area contributed by atoms with E-state index in [1.165, 1.54) is 11.3 Å². The van der Waals surface area contributed by atoms with Gasteiger partial charge in [0, 0.05) is 3.57 Å². The standard InChI is InChI=1S/C32H28I2N2O5S/c1-5-40-31(38)27-19(3)35-32-36(28(27)22-10-6-18(2)7-11-22)30(37)26(42-32)16-21-14-24(34)29(25(15-21)39-4)41-17-20-8-12-23(33)13-9-20/h6-16,28H,5,17H2,1-4H3/b26-16+/t28-/m0/s1. The number of esters is 1. The minimum atomic E-state index is -0.644. The number of nitrogens with zero attached hydrogens (tertiary/aromatic N) is 2. The molecule has 0 unspecified atom stereocenters. The van der Waals surface area contributed by atoms with Crippen LogP contribution in [-0.4, -0.2) is 24.3 Å². The molecule has 1 aromatic heterocycles. The summed E-state index contributed by atoms with van der Waals surface area (Å²) in [5.41, 5.74) is 4.42. The number of hydrogen-bond donors (Lipinski definition) is 0. The summed E-state index contributed by atoms with van der Waals surface area (Å²) in [6, 6.07) is 19.2. The van der Waals surface area contributed by atoms with Crippen molar-refractivity contribution >= 4 is 68.6 Å². The fraction of sp³-hybridized carbons (Fsp3) is 0.219. The highest BCUT2D eigenvalue weighted by molar-refractivity contribution is 14.1. The predicted molar refractivity (Wildman–Crippen MR) is 181 cm³/mol. The molecule has 42 heavy (non-hydrogen) atoms. The van der Waals surface area contributed by atoms with Crippen LogP contribution in [0.25, 0.3) is 6.08 Å². The van der Waals surface area contributed by atoms with Crippen molar-refractivity contribution in [2.75, 3.05) is 13.7 Å². The number of allylic oxidation sites excluding steroid dienone is 1. The van der Waals surface area contributed by atoms with Crippen molar-refractivity contribution in [1.82, 2.24) is 4.57 Å². The first-order valence-corrected chi connectivity index (χ1v) is 16.2. The number of fused-ring (bicyclic) bond motifs is 1. The van der Waals surface area contributed by atoms with Crippen LogP contribution in [0.15, 0.2) is 81.7 Å². The molecule has 2 heterocycles. The lowest BCUT2D eigenvalue weighted by Crippen LogP contribution is -2.39. The highest BCUT2D eigenvalue weighted by atomic mass is 127. The summed E-state index contributed by atoms with van der Waals surface area (Å²) in [6.45, 7) is 6.18. The third-order valence-electron chi connectivity index (χ3n) is 6.76. The van der Waals surface area contributed by atoms with Crippen molar-refractivity contribution in [3.8, 4) is 11.5 Å². The van der Waals surface area contributed by atoms with Crippen LogP contribution in [0.2, 0.25) is 0 Å². The summed E-state index contributed by atoms with van der Waals surface area (Å²) in [7, 11) is 1.60. The van der Waals surface area contributed by atoms with Crippen LogP contribution in [0.5, 0.6) is 11.5 Å². The number of aromatic nitrogens is 1. The number of aryl methyl sites for hydroxylation is 1. The zero-order valence-corrected chi connectivity index (χ0v) is 28.6. The van der Waals surface area contributed by atoms with E-state index >= 15 is 0 Å². The number of ether oxygens (including phenoxy) is 3. The van der Waals surface area contributed by atoms with Gasteiger partial charge in [-0.2, -0.15) is 0 Å². The van der Waals surface area contributed by atoms with Gasteiger partial charge in [-0.25, -0.2) is 9.79 Å². The first kappa shape index (κ1) is 30.5. The monoisotopic (exact) mass is 806 g/mol. The van der Waals surface area contributed by atoms with E-state index in [1.807, 2.05) is 73.7 Å². The largest absolute Gasteiger partial charge is 0.493 e. The van der Waals surface area contributed by atoms with E-state index in [0.717, 1.165) is 29.4 Å². The third kappa shape index (κ3) is 6.35. The van der Waals surface area contributed by atoms with Gasteiger partial charge >= 0.3 is 5.97 Å². The molecule has 0 N–H and O–H groups in total. The summed E-state index contributed by atoms with van der Waals surface area (Å²) < 4.78 is 21.3. The Morgan fingerprint density at radius 2 is 1.79 bits per heavy atom. The van der Waals surface area contributed by atoms with Crippen LogP contribution < -0.4 is 24.4 Å². The second-order valence-electron chi connectivity index (χ2n) is 9.66. The zero-order valence-electron chi connectivity index (χ0n) is 23.4. The smallest absolute Gasteiger partial charge is 0.338 e. The van der Waals surface area contributed by atoms with Crippen molar-refractivity contribution in [2.45, 2.75) is 33.4 Å². The molecule has 216 valence electrons. The van der Waals surface area contributed by atoms with Crippen molar-refractivity contribution in [1.29, 1.82) is 0 Å². The minimum absolute atomic E-state index is 0.228. The van der Waals surface area contributed by atoms with Gasteiger partial charge in [0.2, 0.25) is 0 Å². The molecular formula is C32H28I2N2O5S. The highest BCUT2D eigenvalue weighted by Crippen LogP contribution is 2.35. The summed E-state index contributed by atoms with van der Waals surface area (Å²) in [6.07, 6.45) is 1.83. The molecule has 0 fully saturated rings. The average molecular weight is 806 g/mol. The summed E-state index contributed by atoms with van der Waals surface area (Å²) in [4.78, 5) is 32.2. The van der Waals surface area contributed by atoms with Gasteiger partial charge in [0.1, 0.15) is 6.61 Å². The summed E-state index contributed by atoms with van der Waals surface area (Å²) in [5.74, 6) is 0.743. The van der Waals surface area contributed by atoms with E-state index in [9.17, 15) is 9.59 Å². The molecule has 1 aliphatic rings. The molecule has 0 saturated heterocycles. The number of hydrogen-bond acceptors (Lipinski definition) is 7. The number of thiazole rings is 1. The van der Waals surface area contributed by atoms with Crippen molar-refractivity contribution in [3.05, 3.63) is 121 Å². The number of methoxy groups -OCH3 is 1. The van der Waals surface area contributed by atoms with E-state index in [-0.39, 0.29) is 12.2 Å². The maximum Gasteiger partial charge on any atom is 0.338 e. The van der Waals surface area contributed by atoms with E-state index in [1.54, 1.807) is 25.5 Å². The maximum absolute atomic E-state index is 13.9.